The van der Waals surface area contributed by atoms with Gasteiger partial charge in [0.15, 0.2) is 5.69 Å². The van der Waals surface area contributed by atoms with Crippen molar-refractivity contribution in [1.82, 2.24) is 19.6 Å². The first-order valence-electron chi connectivity index (χ1n) is 10.6. The molecule has 0 spiro atoms. The van der Waals surface area contributed by atoms with Crippen LogP contribution in [-0.4, -0.2) is 71.9 Å². The van der Waals surface area contributed by atoms with Crippen LogP contribution < -0.4 is 0 Å². The molecule has 0 N–H and O–H groups in total. The minimum Gasteiger partial charge on any atom is -0.378 e. The zero-order valence-electron chi connectivity index (χ0n) is 17.0. The monoisotopic (exact) mass is 412 g/mol. The van der Waals surface area contributed by atoms with Crippen LogP contribution in [0, 0.1) is 5.92 Å². The molecule has 2 saturated heterocycles. The number of thioether (sulfide) groups is 1. The van der Waals surface area contributed by atoms with Crippen LogP contribution in [0.15, 0.2) is 29.2 Å². The maximum atomic E-state index is 13.3. The van der Waals surface area contributed by atoms with Crippen molar-refractivity contribution in [2.24, 2.45) is 5.92 Å². The number of rotatable bonds is 3. The lowest BCUT2D eigenvalue weighted by Gasteiger charge is -2.29. The van der Waals surface area contributed by atoms with Gasteiger partial charge in [-0.2, -0.15) is 5.10 Å². The number of carbonyl (C=O) groups is 1. The number of carbonyl (C=O) groups excluding carboxylic acids is 1. The van der Waals surface area contributed by atoms with Crippen LogP contribution in [0.2, 0.25) is 0 Å². The molecule has 6 nitrogen and oxygen atoms in total. The predicted octanol–water partition coefficient (Wildman–Crippen LogP) is 2.97. The number of piperidine rings is 1. The van der Waals surface area contributed by atoms with E-state index in [4.69, 9.17) is 9.84 Å². The van der Waals surface area contributed by atoms with E-state index >= 15 is 0 Å². The average molecular weight is 413 g/mol. The van der Waals surface area contributed by atoms with Crippen LogP contribution in [0.25, 0.3) is 11.3 Å². The molecule has 1 amide bonds. The third-order valence-electron chi connectivity index (χ3n) is 6.33. The van der Waals surface area contributed by atoms with Gasteiger partial charge in [-0.1, -0.05) is 18.2 Å². The summed E-state index contributed by atoms with van der Waals surface area (Å²) in [7, 11) is 2.19. The Morgan fingerprint density at radius 1 is 1.17 bits per heavy atom. The van der Waals surface area contributed by atoms with Crippen molar-refractivity contribution in [2.75, 3.05) is 46.4 Å². The van der Waals surface area contributed by atoms with E-state index in [0.717, 1.165) is 36.6 Å². The number of benzene rings is 1. The smallest absolute Gasteiger partial charge is 0.274 e. The Hall–Kier alpha value is -1.83. The maximum Gasteiger partial charge on any atom is 0.274 e. The molecule has 0 unspecified atom stereocenters. The lowest BCUT2D eigenvalue weighted by Crippen LogP contribution is -2.41. The Labute approximate surface area is 176 Å². The highest BCUT2D eigenvalue weighted by molar-refractivity contribution is 7.98. The Morgan fingerprint density at radius 3 is 2.72 bits per heavy atom. The van der Waals surface area contributed by atoms with Gasteiger partial charge < -0.3 is 14.5 Å². The van der Waals surface area contributed by atoms with E-state index in [-0.39, 0.29) is 5.91 Å². The van der Waals surface area contributed by atoms with Gasteiger partial charge in [-0.15, -0.1) is 11.8 Å². The summed E-state index contributed by atoms with van der Waals surface area (Å²) in [6, 6.07) is 8.54. The van der Waals surface area contributed by atoms with Gasteiger partial charge in [0, 0.05) is 41.4 Å². The van der Waals surface area contributed by atoms with Gasteiger partial charge in [-0.05, 0) is 45.0 Å². The second-order valence-electron chi connectivity index (χ2n) is 8.29. The third-order valence-corrected chi connectivity index (χ3v) is 7.43. The van der Waals surface area contributed by atoms with Crippen LogP contribution in [0.5, 0.6) is 0 Å². The fourth-order valence-corrected chi connectivity index (χ4v) is 5.65. The number of aromatic nitrogens is 2. The Balaban J connectivity index is 1.52. The Kier molecular flexibility index (Phi) is 5.37. The zero-order chi connectivity index (χ0) is 19.8. The number of morpholine rings is 1. The van der Waals surface area contributed by atoms with E-state index < -0.39 is 0 Å². The van der Waals surface area contributed by atoms with E-state index in [0.29, 0.717) is 37.9 Å². The largest absolute Gasteiger partial charge is 0.378 e. The molecule has 0 radical (unpaired) electrons. The van der Waals surface area contributed by atoms with Gasteiger partial charge >= 0.3 is 0 Å². The number of ether oxygens (including phenoxy) is 1. The van der Waals surface area contributed by atoms with Crippen molar-refractivity contribution in [2.45, 2.75) is 30.0 Å². The molecular weight excluding hydrogens is 384 g/mol. The predicted molar refractivity (Wildman–Crippen MR) is 114 cm³/mol. The van der Waals surface area contributed by atoms with Gasteiger partial charge in [0.2, 0.25) is 0 Å². The molecule has 5 rings (SSSR count). The minimum atomic E-state index is 0.0617. The van der Waals surface area contributed by atoms with Gasteiger partial charge in [0.05, 0.1) is 18.9 Å². The molecule has 2 aromatic rings. The quantitative estimate of drug-likeness (QED) is 0.776. The summed E-state index contributed by atoms with van der Waals surface area (Å²) in [5.41, 5.74) is 4.14. The van der Waals surface area contributed by atoms with Crippen LogP contribution in [0.1, 0.15) is 28.9 Å². The van der Waals surface area contributed by atoms with Gasteiger partial charge in [-0.3, -0.25) is 9.48 Å². The number of nitrogens with zero attached hydrogens (tertiary/aromatic N) is 4. The van der Waals surface area contributed by atoms with Crippen molar-refractivity contribution < 1.29 is 9.53 Å². The first-order chi connectivity index (χ1) is 14.2. The summed E-state index contributed by atoms with van der Waals surface area (Å²) in [6.07, 6.45) is 2.38. The number of amides is 1. The Morgan fingerprint density at radius 2 is 1.93 bits per heavy atom. The molecule has 2 fully saturated rings. The van der Waals surface area contributed by atoms with Crippen LogP contribution in [0.3, 0.4) is 0 Å². The maximum absolute atomic E-state index is 13.3. The number of likely N-dealkylation sites (tertiary alicyclic amines) is 1. The van der Waals surface area contributed by atoms with Crippen molar-refractivity contribution >= 4 is 17.7 Å². The summed E-state index contributed by atoms with van der Waals surface area (Å²) < 4.78 is 7.58. The highest BCUT2D eigenvalue weighted by atomic mass is 32.2. The molecular formula is C22H28N4O2S. The molecule has 0 saturated carbocycles. The second kappa shape index (κ2) is 8.13. The van der Waals surface area contributed by atoms with Gasteiger partial charge in [-0.25, -0.2) is 0 Å². The van der Waals surface area contributed by atoms with Crippen LogP contribution >= 0.6 is 11.8 Å². The molecule has 0 aliphatic carbocycles. The van der Waals surface area contributed by atoms with Crippen LogP contribution in [-0.2, 0) is 17.0 Å². The van der Waals surface area contributed by atoms with Crippen LogP contribution in [0.4, 0.5) is 0 Å². The molecule has 7 heteroatoms. The highest BCUT2D eigenvalue weighted by Crippen LogP contribution is 2.43. The van der Waals surface area contributed by atoms with E-state index in [1.807, 2.05) is 16.7 Å². The standard InChI is InChI=1S/C22H28N4O2S/c1-24-8-6-16(7-9-24)14-26-21-17-4-2-3-5-19(17)29-15-18(21)20(23-26)22(27)25-10-12-28-13-11-25/h2-5,16H,6-15H2,1H3. The number of hydrogen-bond acceptors (Lipinski definition) is 5. The SMILES string of the molecule is CN1CCC(Cn2nc(C(=O)N3CCOCC3)c3c2-c2ccccc2SC3)CC1. The molecule has 0 bridgehead atoms. The van der Waals surface area contributed by atoms with Crippen molar-refractivity contribution in [3.05, 3.63) is 35.5 Å². The molecule has 3 aliphatic heterocycles. The third kappa shape index (κ3) is 3.71. The topological polar surface area (TPSA) is 50.6 Å². The van der Waals surface area contributed by atoms with E-state index in [1.54, 1.807) is 0 Å². The summed E-state index contributed by atoms with van der Waals surface area (Å²) in [5.74, 6) is 1.49. The molecule has 4 heterocycles. The minimum absolute atomic E-state index is 0.0617. The molecule has 1 aromatic carbocycles. The highest BCUT2D eigenvalue weighted by Gasteiger charge is 2.32. The number of hydrogen-bond donors (Lipinski definition) is 0. The second-order valence-corrected chi connectivity index (χ2v) is 9.31. The van der Waals surface area contributed by atoms with Gasteiger partial charge in [0.25, 0.3) is 5.91 Å². The summed E-state index contributed by atoms with van der Waals surface area (Å²) in [5, 5.41) is 4.94. The normalized spacial score (nSPS) is 20.4. The zero-order valence-corrected chi connectivity index (χ0v) is 17.8. The average Bonchev–Trinajstić information content (AvgIpc) is 3.14. The van der Waals surface area contributed by atoms with Gasteiger partial charge in [0.1, 0.15) is 0 Å². The molecule has 3 aliphatic rings. The molecule has 29 heavy (non-hydrogen) atoms. The summed E-state index contributed by atoms with van der Waals surface area (Å²) in [6.45, 7) is 5.70. The lowest BCUT2D eigenvalue weighted by molar-refractivity contribution is 0.0297. The first-order valence-corrected chi connectivity index (χ1v) is 11.6. The van der Waals surface area contributed by atoms with E-state index in [2.05, 4.69) is 40.9 Å². The van der Waals surface area contributed by atoms with Crippen molar-refractivity contribution in [3.8, 4) is 11.3 Å². The fraction of sp³-hybridized carbons (Fsp3) is 0.545. The van der Waals surface area contributed by atoms with E-state index in [1.165, 1.54) is 23.3 Å². The molecule has 0 atom stereocenters. The molecule has 154 valence electrons. The Bertz CT molecular complexity index is 898. The number of fused-ring (bicyclic) bond motifs is 3. The van der Waals surface area contributed by atoms with Crippen molar-refractivity contribution in [3.63, 3.8) is 0 Å². The molecule has 1 aromatic heterocycles. The summed E-state index contributed by atoms with van der Waals surface area (Å²) >= 11 is 1.81. The van der Waals surface area contributed by atoms with Crippen molar-refractivity contribution in [1.29, 1.82) is 0 Å². The summed E-state index contributed by atoms with van der Waals surface area (Å²) in [4.78, 5) is 18.9. The lowest BCUT2D eigenvalue weighted by atomic mass is 9.97. The first kappa shape index (κ1) is 19.2. The fourth-order valence-electron chi connectivity index (χ4n) is 4.58. The van der Waals surface area contributed by atoms with E-state index in [9.17, 15) is 4.79 Å².